The van der Waals surface area contributed by atoms with Gasteiger partial charge in [0.15, 0.2) is 0 Å². The number of hydrogen-bond acceptors (Lipinski definition) is 2. The monoisotopic (exact) mass is 272 g/mol. The van der Waals surface area contributed by atoms with E-state index in [2.05, 4.69) is 30.6 Å². The van der Waals surface area contributed by atoms with Gasteiger partial charge < -0.3 is 10.6 Å². The zero-order valence-corrected chi connectivity index (χ0v) is 12.6. The van der Waals surface area contributed by atoms with Crippen molar-refractivity contribution in [2.75, 3.05) is 17.2 Å². The normalized spacial score (nSPS) is 22.1. The van der Waals surface area contributed by atoms with Crippen LogP contribution in [-0.4, -0.2) is 12.5 Å². The molecule has 0 aliphatic heterocycles. The minimum absolute atomic E-state index is 0.0378. The summed E-state index contributed by atoms with van der Waals surface area (Å²) < 4.78 is 0. The molecule has 3 heteroatoms. The highest BCUT2D eigenvalue weighted by atomic mass is 16.1. The third kappa shape index (κ3) is 4.41. The number of hydrogen-bond donors (Lipinski definition) is 2. The van der Waals surface area contributed by atoms with Gasteiger partial charge in [0.25, 0.3) is 0 Å². The van der Waals surface area contributed by atoms with Gasteiger partial charge in [0.05, 0.1) is 0 Å². The fourth-order valence-electron chi connectivity index (χ4n) is 2.98. The molecule has 1 aromatic carbocycles. The molecule has 2 atom stereocenters. The van der Waals surface area contributed by atoms with Crippen molar-refractivity contribution in [3.63, 3.8) is 0 Å². The third-order valence-corrected chi connectivity index (χ3v) is 3.68. The first-order valence-corrected chi connectivity index (χ1v) is 7.31. The summed E-state index contributed by atoms with van der Waals surface area (Å²) in [6.07, 6.45) is 4.84. The van der Waals surface area contributed by atoms with Crippen molar-refractivity contribution < 1.29 is 4.79 Å². The summed E-state index contributed by atoms with van der Waals surface area (Å²) in [5.74, 6) is 1.37. The van der Waals surface area contributed by atoms with Crippen LogP contribution in [0.4, 0.5) is 11.4 Å². The van der Waals surface area contributed by atoms with E-state index in [9.17, 15) is 4.79 Å². The molecule has 108 valence electrons. The Kier molecular flexibility index (Phi) is 4.83. The quantitative estimate of drug-likeness (QED) is 0.812. The second-order valence-electron chi connectivity index (χ2n) is 5.94. The van der Waals surface area contributed by atoms with E-state index in [1.54, 1.807) is 0 Å². The Morgan fingerprint density at radius 2 is 1.90 bits per heavy atom. The summed E-state index contributed by atoms with van der Waals surface area (Å²) >= 11 is 0. The molecule has 1 aliphatic rings. The predicted molar refractivity (Wildman–Crippen MR) is 84.9 cm³/mol. The van der Waals surface area contributed by atoms with Gasteiger partial charge in [-0.1, -0.05) is 18.6 Å². The summed E-state index contributed by atoms with van der Waals surface area (Å²) in [5.41, 5.74) is 3.46. The van der Waals surface area contributed by atoms with E-state index < -0.39 is 0 Å². The molecule has 2 unspecified atom stereocenters. The molecule has 0 radical (unpaired) electrons. The fraction of sp³-hybridized carbons (Fsp3) is 0.471. The van der Waals surface area contributed by atoms with Crippen molar-refractivity contribution in [1.29, 1.82) is 0 Å². The molecule has 0 bridgehead atoms. The lowest BCUT2D eigenvalue weighted by molar-refractivity contribution is -0.114. The number of nitrogens with one attached hydrogen (secondary N) is 2. The van der Waals surface area contributed by atoms with E-state index in [0.717, 1.165) is 17.9 Å². The molecule has 0 spiro atoms. The Labute approximate surface area is 121 Å². The number of rotatable bonds is 4. The summed E-state index contributed by atoms with van der Waals surface area (Å²) in [5, 5.41) is 6.27. The van der Waals surface area contributed by atoms with Gasteiger partial charge in [-0.3, -0.25) is 4.79 Å². The second kappa shape index (κ2) is 6.60. The third-order valence-electron chi connectivity index (χ3n) is 3.68. The average Bonchev–Trinajstić information content (AvgIpc) is 2.36. The van der Waals surface area contributed by atoms with Crippen LogP contribution in [0.2, 0.25) is 0 Å². The van der Waals surface area contributed by atoms with Gasteiger partial charge in [-0.15, -0.1) is 0 Å². The van der Waals surface area contributed by atoms with Gasteiger partial charge in [0.2, 0.25) is 5.91 Å². The van der Waals surface area contributed by atoms with Crippen LogP contribution in [0.5, 0.6) is 0 Å². The molecule has 0 heterocycles. The van der Waals surface area contributed by atoms with Crippen LogP contribution in [0.3, 0.4) is 0 Å². The fourth-order valence-corrected chi connectivity index (χ4v) is 2.98. The Hall–Kier alpha value is -1.77. The lowest BCUT2D eigenvalue weighted by atomic mass is 9.84. The van der Waals surface area contributed by atoms with Crippen LogP contribution in [0, 0.1) is 11.8 Å². The lowest BCUT2D eigenvalue weighted by Gasteiger charge is -2.26. The number of allylic oxidation sites excluding steroid dienone is 2. The first-order valence-electron chi connectivity index (χ1n) is 7.31. The molecule has 2 rings (SSSR count). The standard InChI is InChI=1S/C17H24N2O/c1-12-8-13(2)10-15(9-12)11-18-16-4-6-17(7-5-16)19-14(3)20/h4-8,12,15,18H,9-11H2,1-3H3,(H,19,20). The Morgan fingerprint density at radius 3 is 2.50 bits per heavy atom. The molecule has 2 N–H and O–H groups in total. The van der Waals surface area contributed by atoms with Crippen molar-refractivity contribution >= 4 is 17.3 Å². The van der Waals surface area contributed by atoms with Crippen molar-refractivity contribution in [2.45, 2.75) is 33.6 Å². The van der Waals surface area contributed by atoms with Gasteiger partial charge in [0, 0.05) is 24.8 Å². The van der Waals surface area contributed by atoms with Crippen LogP contribution in [0.1, 0.15) is 33.6 Å². The predicted octanol–water partition coefficient (Wildman–Crippen LogP) is 4.05. The topological polar surface area (TPSA) is 41.1 Å². The van der Waals surface area contributed by atoms with Gasteiger partial charge in [-0.05, 0) is 55.9 Å². The average molecular weight is 272 g/mol. The van der Waals surface area contributed by atoms with Crippen molar-refractivity contribution in [2.24, 2.45) is 11.8 Å². The van der Waals surface area contributed by atoms with Crippen LogP contribution in [-0.2, 0) is 4.79 Å². The van der Waals surface area contributed by atoms with E-state index in [0.29, 0.717) is 11.8 Å². The number of carbonyl (C=O) groups is 1. The van der Waals surface area contributed by atoms with E-state index in [1.165, 1.54) is 25.3 Å². The Bertz CT molecular complexity index is 490. The van der Waals surface area contributed by atoms with Gasteiger partial charge in [-0.2, -0.15) is 0 Å². The van der Waals surface area contributed by atoms with Crippen molar-refractivity contribution in [3.05, 3.63) is 35.9 Å². The van der Waals surface area contributed by atoms with E-state index in [4.69, 9.17) is 0 Å². The molecule has 3 nitrogen and oxygen atoms in total. The van der Waals surface area contributed by atoms with Gasteiger partial charge in [0.1, 0.15) is 0 Å². The maximum Gasteiger partial charge on any atom is 0.221 e. The van der Waals surface area contributed by atoms with Crippen LogP contribution >= 0.6 is 0 Å². The summed E-state index contributed by atoms with van der Waals surface area (Å²) in [6.45, 7) is 7.05. The highest BCUT2D eigenvalue weighted by molar-refractivity contribution is 5.88. The van der Waals surface area contributed by atoms with E-state index in [1.807, 2.05) is 24.3 Å². The molecule has 0 aromatic heterocycles. The molecule has 20 heavy (non-hydrogen) atoms. The molecule has 1 aliphatic carbocycles. The van der Waals surface area contributed by atoms with Crippen LogP contribution < -0.4 is 10.6 Å². The van der Waals surface area contributed by atoms with Crippen molar-refractivity contribution in [3.8, 4) is 0 Å². The molecule has 0 fully saturated rings. The molecule has 1 amide bonds. The largest absolute Gasteiger partial charge is 0.385 e. The minimum atomic E-state index is -0.0378. The van der Waals surface area contributed by atoms with Gasteiger partial charge in [-0.25, -0.2) is 0 Å². The summed E-state index contributed by atoms with van der Waals surface area (Å²) in [4.78, 5) is 11.0. The Morgan fingerprint density at radius 1 is 1.25 bits per heavy atom. The zero-order chi connectivity index (χ0) is 14.5. The summed E-state index contributed by atoms with van der Waals surface area (Å²) in [6, 6.07) is 7.89. The van der Waals surface area contributed by atoms with Gasteiger partial charge >= 0.3 is 0 Å². The summed E-state index contributed by atoms with van der Waals surface area (Å²) in [7, 11) is 0. The maximum atomic E-state index is 11.0. The number of anilines is 2. The number of amides is 1. The first-order chi connectivity index (χ1) is 9.52. The smallest absolute Gasteiger partial charge is 0.221 e. The first kappa shape index (κ1) is 14.6. The van der Waals surface area contributed by atoms with Crippen LogP contribution in [0.15, 0.2) is 35.9 Å². The van der Waals surface area contributed by atoms with Crippen molar-refractivity contribution in [1.82, 2.24) is 0 Å². The lowest BCUT2D eigenvalue weighted by Crippen LogP contribution is -2.20. The molecular formula is C17H24N2O. The SMILES string of the molecule is CC(=O)Nc1ccc(NCC2CC(C)=CC(C)C2)cc1. The highest BCUT2D eigenvalue weighted by Gasteiger charge is 2.17. The Balaban J connectivity index is 1.85. The number of benzene rings is 1. The van der Waals surface area contributed by atoms with E-state index >= 15 is 0 Å². The number of carbonyl (C=O) groups excluding carboxylic acids is 1. The van der Waals surface area contributed by atoms with E-state index in [-0.39, 0.29) is 5.91 Å². The van der Waals surface area contributed by atoms with Crippen LogP contribution in [0.25, 0.3) is 0 Å². The highest BCUT2D eigenvalue weighted by Crippen LogP contribution is 2.28. The minimum Gasteiger partial charge on any atom is -0.385 e. The maximum absolute atomic E-state index is 11.0. The molecular weight excluding hydrogens is 248 g/mol. The second-order valence-corrected chi connectivity index (χ2v) is 5.94. The molecule has 0 saturated carbocycles. The zero-order valence-electron chi connectivity index (χ0n) is 12.6. The molecule has 0 saturated heterocycles. The molecule has 1 aromatic rings.